The van der Waals surface area contributed by atoms with Crippen molar-refractivity contribution in [1.82, 2.24) is 19.3 Å². The molecule has 1 aromatic carbocycles. The van der Waals surface area contributed by atoms with Gasteiger partial charge in [0.05, 0.1) is 12.2 Å². The Morgan fingerprint density at radius 3 is 2.62 bits per heavy atom. The SMILES string of the molecule is CCCc1nn(C)c2c(=O)n(CCOc3cccc(O[C@@](C)(CC)C(=O)O)c3)c(C)nc12. The van der Waals surface area contributed by atoms with Crippen molar-refractivity contribution >= 4 is 17.0 Å². The fraction of sp³-hybridized carbons (Fsp3) is 0.478. The Hall–Kier alpha value is -3.36. The van der Waals surface area contributed by atoms with Crippen LogP contribution in [-0.2, 0) is 24.8 Å². The monoisotopic (exact) mass is 442 g/mol. The lowest BCUT2D eigenvalue weighted by molar-refractivity contribution is -0.154. The third kappa shape index (κ3) is 4.61. The minimum atomic E-state index is -1.32. The summed E-state index contributed by atoms with van der Waals surface area (Å²) in [5.41, 5.74) is 0.527. The predicted molar refractivity (Wildman–Crippen MR) is 120 cm³/mol. The third-order valence-electron chi connectivity index (χ3n) is 5.55. The Bertz CT molecular complexity index is 1180. The normalized spacial score (nSPS) is 13.2. The summed E-state index contributed by atoms with van der Waals surface area (Å²) in [6.07, 6.45) is 2.02. The number of aryl methyl sites for hydroxylation is 3. The van der Waals surface area contributed by atoms with Crippen LogP contribution in [0.25, 0.3) is 11.0 Å². The third-order valence-corrected chi connectivity index (χ3v) is 5.55. The Morgan fingerprint density at radius 1 is 1.25 bits per heavy atom. The number of nitrogens with zero attached hydrogens (tertiary/aromatic N) is 4. The second-order valence-electron chi connectivity index (χ2n) is 7.95. The summed E-state index contributed by atoms with van der Waals surface area (Å²) in [6, 6.07) is 6.82. The number of fused-ring (bicyclic) bond motifs is 1. The number of carbonyl (C=O) groups is 1. The van der Waals surface area contributed by atoms with E-state index in [9.17, 15) is 14.7 Å². The first kappa shape index (κ1) is 23.3. The summed E-state index contributed by atoms with van der Waals surface area (Å²) in [5, 5.41) is 13.9. The van der Waals surface area contributed by atoms with Gasteiger partial charge in [0.15, 0.2) is 5.52 Å². The van der Waals surface area contributed by atoms with E-state index in [1.807, 2.05) is 0 Å². The molecule has 3 rings (SSSR count). The summed E-state index contributed by atoms with van der Waals surface area (Å²) < 4.78 is 14.7. The molecule has 2 heterocycles. The van der Waals surface area contributed by atoms with Gasteiger partial charge in [-0.3, -0.25) is 14.0 Å². The molecule has 0 saturated carbocycles. The van der Waals surface area contributed by atoms with Gasteiger partial charge in [0.1, 0.15) is 29.4 Å². The van der Waals surface area contributed by atoms with Crippen LogP contribution in [-0.4, -0.2) is 42.6 Å². The van der Waals surface area contributed by atoms with Gasteiger partial charge >= 0.3 is 5.97 Å². The molecular formula is C23H30N4O5. The maximum atomic E-state index is 13.1. The molecule has 3 aromatic rings. The number of carboxylic acid groups (broad SMARTS) is 1. The van der Waals surface area contributed by atoms with E-state index in [4.69, 9.17) is 9.47 Å². The first-order valence-corrected chi connectivity index (χ1v) is 10.8. The average Bonchev–Trinajstić information content (AvgIpc) is 3.05. The van der Waals surface area contributed by atoms with Crippen LogP contribution >= 0.6 is 0 Å². The van der Waals surface area contributed by atoms with E-state index < -0.39 is 11.6 Å². The lowest BCUT2D eigenvalue weighted by Crippen LogP contribution is -2.40. The first-order valence-electron chi connectivity index (χ1n) is 10.8. The minimum absolute atomic E-state index is 0.147. The van der Waals surface area contributed by atoms with Crippen molar-refractivity contribution in [1.29, 1.82) is 0 Å². The number of hydrogen-bond acceptors (Lipinski definition) is 6. The molecule has 1 N–H and O–H groups in total. The molecule has 1 atom stereocenters. The molecule has 0 unspecified atom stereocenters. The van der Waals surface area contributed by atoms with Crippen molar-refractivity contribution in [3.8, 4) is 11.5 Å². The molecule has 0 fully saturated rings. The molecule has 0 amide bonds. The topological polar surface area (TPSA) is 108 Å². The van der Waals surface area contributed by atoms with Crippen LogP contribution in [0.2, 0.25) is 0 Å². The van der Waals surface area contributed by atoms with E-state index in [-0.39, 0.29) is 12.2 Å². The molecule has 32 heavy (non-hydrogen) atoms. The summed E-state index contributed by atoms with van der Waals surface area (Å²) in [4.78, 5) is 29.2. The van der Waals surface area contributed by atoms with Gasteiger partial charge in [0.25, 0.3) is 5.56 Å². The highest BCUT2D eigenvalue weighted by Crippen LogP contribution is 2.25. The standard InChI is InChI=1S/C23H30N4O5/c1-6-9-18-19-20(26(5)25-18)21(28)27(15(3)24-19)12-13-31-16-10-8-11-17(14-16)32-23(4,7-2)22(29)30/h8,10-11,14H,6-7,9,12-13H2,1-5H3,(H,29,30)/t23-/m0/s1. The zero-order chi connectivity index (χ0) is 23.5. The number of hydrogen-bond donors (Lipinski definition) is 1. The molecule has 2 aromatic heterocycles. The van der Waals surface area contributed by atoms with Crippen molar-refractivity contribution in [3.63, 3.8) is 0 Å². The summed E-state index contributed by atoms with van der Waals surface area (Å²) in [5.74, 6) is 0.510. The molecule has 9 heteroatoms. The van der Waals surface area contributed by atoms with Crippen molar-refractivity contribution in [2.45, 2.75) is 59.1 Å². The predicted octanol–water partition coefficient (Wildman–Crippen LogP) is 3.10. The zero-order valence-corrected chi connectivity index (χ0v) is 19.2. The molecule has 0 aliphatic heterocycles. The van der Waals surface area contributed by atoms with Gasteiger partial charge < -0.3 is 14.6 Å². The zero-order valence-electron chi connectivity index (χ0n) is 19.2. The van der Waals surface area contributed by atoms with E-state index in [2.05, 4.69) is 17.0 Å². The highest BCUT2D eigenvalue weighted by atomic mass is 16.5. The van der Waals surface area contributed by atoms with Crippen LogP contribution in [0.3, 0.4) is 0 Å². The van der Waals surface area contributed by atoms with Crippen LogP contribution < -0.4 is 15.0 Å². The van der Waals surface area contributed by atoms with Gasteiger partial charge in [0.2, 0.25) is 5.60 Å². The fourth-order valence-electron chi connectivity index (χ4n) is 3.50. The smallest absolute Gasteiger partial charge is 0.347 e. The van der Waals surface area contributed by atoms with E-state index in [1.54, 1.807) is 54.4 Å². The van der Waals surface area contributed by atoms with Crippen molar-refractivity contribution < 1.29 is 19.4 Å². The molecule has 0 radical (unpaired) electrons. The van der Waals surface area contributed by atoms with Crippen LogP contribution in [0.5, 0.6) is 11.5 Å². The summed E-state index contributed by atoms with van der Waals surface area (Å²) in [7, 11) is 1.76. The Morgan fingerprint density at radius 2 is 1.97 bits per heavy atom. The molecule has 9 nitrogen and oxygen atoms in total. The Kier molecular flexibility index (Phi) is 6.86. The van der Waals surface area contributed by atoms with Crippen molar-refractivity contribution in [3.05, 3.63) is 46.1 Å². The summed E-state index contributed by atoms with van der Waals surface area (Å²) in [6.45, 7) is 7.71. The highest BCUT2D eigenvalue weighted by Gasteiger charge is 2.33. The molecule has 0 saturated heterocycles. The van der Waals surface area contributed by atoms with Gasteiger partial charge in [-0.2, -0.15) is 5.10 Å². The number of aromatic nitrogens is 4. The quantitative estimate of drug-likeness (QED) is 0.514. The number of ether oxygens (including phenoxy) is 2. The molecular weight excluding hydrogens is 412 g/mol. The number of benzene rings is 1. The van der Waals surface area contributed by atoms with Crippen LogP contribution in [0.1, 0.15) is 45.1 Å². The van der Waals surface area contributed by atoms with Gasteiger partial charge in [0, 0.05) is 13.1 Å². The molecule has 0 bridgehead atoms. The van der Waals surface area contributed by atoms with E-state index in [0.717, 1.165) is 18.5 Å². The number of carboxylic acids is 1. The lowest BCUT2D eigenvalue weighted by atomic mass is 10.0. The van der Waals surface area contributed by atoms with Crippen LogP contribution in [0.15, 0.2) is 29.1 Å². The van der Waals surface area contributed by atoms with Crippen molar-refractivity contribution in [2.24, 2.45) is 7.05 Å². The largest absolute Gasteiger partial charge is 0.492 e. The van der Waals surface area contributed by atoms with E-state index >= 15 is 0 Å². The first-order chi connectivity index (χ1) is 15.2. The molecule has 0 aliphatic carbocycles. The van der Waals surface area contributed by atoms with Crippen LogP contribution in [0, 0.1) is 6.92 Å². The highest BCUT2D eigenvalue weighted by molar-refractivity contribution is 5.77. The van der Waals surface area contributed by atoms with Gasteiger partial charge in [-0.25, -0.2) is 9.78 Å². The fourth-order valence-corrected chi connectivity index (χ4v) is 3.50. The lowest BCUT2D eigenvalue weighted by Gasteiger charge is -2.25. The Labute approximate surface area is 186 Å². The van der Waals surface area contributed by atoms with E-state index in [1.165, 1.54) is 6.92 Å². The van der Waals surface area contributed by atoms with Gasteiger partial charge in [-0.1, -0.05) is 26.3 Å². The molecule has 0 aliphatic rings. The minimum Gasteiger partial charge on any atom is -0.492 e. The molecule has 172 valence electrons. The van der Waals surface area contributed by atoms with E-state index in [0.29, 0.717) is 41.3 Å². The summed E-state index contributed by atoms with van der Waals surface area (Å²) >= 11 is 0. The second-order valence-corrected chi connectivity index (χ2v) is 7.95. The average molecular weight is 443 g/mol. The maximum Gasteiger partial charge on any atom is 0.347 e. The number of aliphatic carboxylic acids is 1. The van der Waals surface area contributed by atoms with Gasteiger partial charge in [-0.05, 0) is 38.8 Å². The second kappa shape index (κ2) is 9.42. The van der Waals surface area contributed by atoms with Gasteiger partial charge in [-0.15, -0.1) is 0 Å². The maximum absolute atomic E-state index is 13.1. The Balaban J connectivity index is 1.75. The van der Waals surface area contributed by atoms with Crippen molar-refractivity contribution in [2.75, 3.05) is 6.61 Å². The van der Waals surface area contributed by atoms with Crippen LogP contribution in [0.4, 0.5) is 0 Å². The molecule has 0 spiro atoms. The number of rotatable bonds is 10.